The number of halogens is 2. The van der Waals surface area contributed by atoms with Crippen LogP contribution in [0.5, 0.6) is 5.75 Å². The largest absolute Gasteiger partial charge is 0.433 e. The Hall–Kier alpha value is -2.47. The van der Waals surface area contributed by atoms with Crippen LogP contribution in [-0.4, -0.2) is 36.5 Å². The van der Waals surface area contributed by atoms with Crippen molar-refractivity contribution in [3.8, 4) is 5.75 Å². The fourth-order valence-electron chi connectivity index (χ4n) is 2.96. The van der Waals surface area contributed by atoms with Crippen LogP contribution in [0.1, 0.15) is 12.0 Å². The number of para-hydroxylation sites is 2. The van der Waals surface area contributed by atoms with E-state index >= 15 is 0 Å². The molecule has 1 fully saturated rings. The number of hydrogen-bond acceptors (Lipinski definition) is 3. The second-order valence-electron chi connectivity index (χ2n) is 6.03. The molecule has 0 unspecified atom stereocenters. The van der Waals surface area contributed by atoms with E-state index in [1.807, 2.05) is 18.2 Å². The van der Waals surface area contributed by atoms with Crippen LogP contribution in [0.15, 0.2) is 54.6 Å². The van der Waals surface area contributed by atoms with Gasteiger partial charge in [0.2, 0.25) is 5.91 Å². The van der Waals surface area contributed by atoms with Crippen molar-refractivity contribution in [3.63, 3.8) is 0 Å². The molecule has 1 atom stereocenters. The lowest BCUT2D eigenvalue weighted by molar-refractivity contribution is -0.119. The molecule has 1 N–H and O–H groups in total. The summed E-state index contributed by atoms with van der Waals surface area (Å²) in [7, 11) is 0. The summed E-state index contributed by atoms with van der Waals surface area (Å²) in [5.41, 5.74) is 1.50. The van der Waals surface area contributed by atoms with Gasteiger partial charge in [-0.25, -0.2) is 0 Å². The standard InChI is InChI=1S/C19H20F2N2O2/c20-19(21)25-17-9-5-4-8-16(17)22-18(24)13-23-11-10-15(23)12-14-6-2-1-3-7-14/h1-9,15,19H,10-13H2,(H,22,24)/t15-/m0/s1. The molecule has 6 heteroatoms. The first-order valence-corrected chi connectivity index (χ1v) is 8.23. The number of benzene rings is 2. The van der Waals surface area contributed by atoms with Crippen molar-refractivity contribution >= 4 is 11.6 Å². The average Bonchev–Trinajstić information content (AvgIpc) is 2.59. The number of ether oxygens (including phenoxy) is 1. The van der Waals surface area contributed by atoms with Gasteiger partial charge in [-0.05, 0) is 30.5 Å². The van der Waals surface area contributed by atoms with Gasteiger partial charge in [0.15, 0.2) is 0 Å². The first-order valence-electron chi connectivity index (χ1n) is 8.23. The second-order valence-corrected chi connectivity index (χ2v) is 6.03. The predicted molar refractivity (Wildman–Crippen MR) is 91.8 cm³/mol. The summed E-state index contributed by atoms with van der Waals surface area (Å²) in [5.74, 6) is -0.265. The number of rotatable bonds is 7. The molecule has 2 aromatic carbocycles. The fourth-order valence-corrected chi connectivity index (χ4v) is 2.96. The normalized spacial score (nSPS) is 17.2. The van der Waals surface area contributed by atoms with Crippen LogP contribution in [0.25, 0.3) is 0 Å². The van der Waals surface area contributed by atoms with Gasteiger partial charge in [0.25, 0.3) is 0 Å². The second kappa shape index (κ2) is 8.07. The van der Waals surface area contributed by atoms with E-state index in [0.717, 1.165) is 19.4 Å². The number of nitrogens with one attached hydrogen (secondary N) is 1. The van der Waals surface area contributed by atoms with Gasteiger partial charge in [-0.1, -0.05) is 42.5 Å². The Balaban J connectivity index is 1.54. The van der Waals surface area contributed by atoms with Crippen molar-refractivity contribution in [2.45, 2.75) is 25.5 Å². The van der Waals surface area contributed by atoms with Gasteiger partial charge in [-0.15, -0.1) is 0 Å². The average molecular weight is 346 g/mol. The van der Waals surface area contributed by atoms with Crippen molar-refractivity contribution in [2.24, 2.45) is 0 Å². The van der Waals surface area contributed by atoms with Crippen molar-refractivity contribution < 1.29 is 18.3 Å². The molecule has 25 heavy (non-hydrogen) atoms. The van der Waals surface area contributed by atoms with Gasteiger partial charge in [0, 0.05) is 12.6 Å². The lowest BCUT2D eigenvalue weighted by Gasteiger charge is -2.40. The first-order chi connectivity index (χ1) is 12.1. The Kier molecular flexibility index (Phi) is 5.60. The lowest BCUT2D eigenvalue weighted by atomic mass is 9.95. The van der Waals surface area contributed by atoms with E-state index in [2.05, 4.69) is 27.1 Å². The van der Waals surface area contributed by atoms with Crippen molar-refractivity contribution in [1.82, 2.24) is 4.90 Å². The minimum absolute atomic E-state index is 0.0321. The Bertz CT molecular complexity index is 710. The highest BCUT2D eigenvalue weighted by atomic mass is 19.3. The summed E-state index contributed by atoms with van der Waals surface area (Å²) in [4.78, 5) is 14.4. The van der Waals surface area contributed by atoms with Gasteiger partial charge in [-0.3, -0.25) is 9.69 Å². The van der Waals surface area contributed by atoms with E-state index in [-0.39, 0.29) is 23.9 Å². The van der Waals surface area contributed by atoms with Crippen molar-refractivity contribution in [1.29, 1.82) is 0 Å². The minimum Gasteiger partial charge on any atom is -0.433 e. The van der Waals surface area contributed by atoms with Crippen molar-refractivity contribution in [3.05, 3.63) is 60.2 Å². The van der Waals surface area contributed by atoms with E-state index in [4.69, 9.17) is 0 Å². The molecule has 0 saturated carbocycles. The van der Waals surface area contributed by atoms with Gasteiger partial charge in [0.05, 0.1) is 12.2 Å². The molecule has 1 amide bonds. The highest BCUT2D eigenvalue weighted by molar-refractivity contribution is 5.93. The van der Waals surface area contributed by atoms with Crippen LogP contribution in [0, 0.1) is 0 Å². The molecule has 3 rings (SSSR count). The van der Waals surface area contributed by atoms with Gasteiger partial charge < -0.3 is 10.1 Å². The first kappa shape index (κ1) is 17.4. The molecule has 0 aromatic heterocycles. The molecule has 0 spiro atoms. The smallest absolute Gasteiger partial charge is 0.387 e. The maximum Gasteiger partial charge on any atom is 0.387 e. The molecular formula is C19H20F2N2O2. The van der Waals surface area contributed by atoms with E-state index in [9.17, 15) is 13.6 Å². The SMILES string of the molecule is O=C(CN1CC[C@H]1Cc1ccccc1)Nc1ccccc1OC(F)F. The van der Waals surface area contributed by atoms with Crippen LogP contribution < -0.4 is 10.1 Å². The summed E-state index contributed by atoms with van der Waals surface area (Å²) >= 11 is 0. The number of anilines is 1. The van der Waals surface area contributed by atoms with E-state index in [1.54, 1.807) is 18.2 Å². The number of carbonyl (C=O) groups excluding carboxylic acids is 1. The number of alkyl halides is 2. The van der Waals surface area contributed by atoms with Gasteiger partial charge in [0.1, 0.15) is 5.75 Å². The van der Waals surface area contributed by atoms with Gasteiger partial charge >= 0.3 is 6.61 Å². The number of likely N-dealkylation sites (tertiary alicyclic amines) is 1. The molecule has 0 bridgehead atoms. The predicted octanol–water partition coefficient (Wildman–Crippen LogP) is 3.54. The molecule has 132 valence electrons. The topological polar surface area (TPSA) is 41.6 Å². The lowest BCUT2D eigenvalue weighted by Crippen LogP contribution is -2.51. The highest BCUT2D eigenvalue weighted by Gasteiger charge is 2.29. The Morgan fingerprint density at radius 3 is 2.56 bits per heavy atom. The maximum atomic E-state index is 12.4. The number of hydrogen-bond donors (Lipinski definition) is 1. The summed E-state index contributed by atoms with van der Waals surface area (Å²) in [6, 6.07) is 16.7. The van der Waals surface area contributed by atoms with E-state index in [1.165, 1.54) is 11.6 Å². The molecule has 1 heterocycles. The summed E-state index contributed by atoms with van der Waals surface area (Å²) in [6.45, 7) is -1.83. The maximum absolute atomic E-state index is 12.4. The van der Waals surface area contributed by atoms with Crippen molar-refractivity contribution in [2.75, 3.05) is 18.4 Å². The molecule has 0 aliphatic carbocycles. The third kappa shape index (κ3) is 4.76. The monoisotopic (exact) mass is 346 g/mol. The third-order valence-corrected chi connectivity index (χ3v) is 4.30. The summed E-state index contributed by atoms with van der Waals surface area (Å²) in [6.07, 6.45) is 1.95. The Morgan fingerprint density at radius 1 is 1.16 bits per heavy atom. The molecule has 0 radical (unpaired) electrons. The Morgan fingerprint density at radius 2 is 1.88 bits per heavy atom. The zero-order chi connectivity index (χ0) is 17.6. The molecule has 1 saturated heterocycles. The quantitative estimate of drug-likeness (QED) is 0.834. The Labute approximate surface area is 145 Å². The molecular weight excluding hydrogens is 326 g/mol. The zero-order valence-electron chi connectivity index (χ0n) is 13.7. The minimum atomic E-state index is -2.93. The number of nitrogens with zero attached hydrogens (tertiary/aromatic N) is 1. The number of carbonyl (C=O) groups is 1. The van der Waals surface area contributed by atoms with Gasteiger partial charge in [-0.2, -0.15) is 8.78 Å². The zero-order valence-corrected chi connectivity index (χ0v) is 13.7. The highest BCUT2D eigenvalue weighted by Crippen LogP contribution is 2.26. The fraction of sp³-hybridized carbons (Fsp3) is 0.316. The summed E-state index contributed by atoms with van der Waals surface area (Å²) in [5, 5.41) is 2.66. The van der Waals surface area contributed by atoms with Crippen LogP contribution in [0.2, 0.25) is 0 Å². The third-order valence-electron chi connectivity index (χ3n) is 4.30. The van der Waals surface area contributed by atoms with Crippen LogP contribution >= 0.6 is 0 Å². The number of amides is 1. The molecule has 2 aromatic rings. The van der Waals surface area contributed by atoms with Crippen LogP contribution in [0.3, 0.4) is 0 Å². The van der Waals surface area contributed by atoms with Crippen LogP contribution in [0.4, 0.5) is 14.5 Å². The van der Waals surface area contributed by atoms with E-state index < -0.39 is 6.61 Å². The molecule has 4 nitrogen and oxygen atoms in total. The van der Waals surface area contributed by atoms with E-state index in [0.29, 0.717) is 6.04 Å². The molecule has 1 aliphatic rings. The summed E-state index contributed by atoms with van der Waals surface area (Å²) < 4.78 is 29.3. The molecule has 1 aliphatic heterocycles. The van der Waals surface area contributed by atoms with Crippen LogP contribution in [-0.2, 0) is 11.2 Å².